The summed E-state index contributed by atoms with van der Waals surface area (Å²) < 4.78 is 6.50. The molecule has 0 N–H and O–H groups in total. The first-order chi connectivity index (χ1) is 10.7. The SMILES string of the molecule is COC(=O)C1=CC=CCC1c1cn(-c2ccc(Cl)cc2)nn1. The lowest BCUT2D eigenvalue weighted by molar-refractivity contribution is -0.136. The zero-order valence-electron chi connectivity index (χ0n) is 11.9. The van der Waals surface area contributed by atoms with Crippen molar-refractivity contribution < 1.29 is 9.53 Å². The largest absolute Gasteiger partial charge is 0.466 e. The maximum absolute atomic E-state index is 11.9. The molecule has 0 bridgehead atoms. The number of nitrogens with zero attached hydrogens (tertiary/aromatic N) is 3. The summed E-state index contributed by atoms with van der Waals surface area (Å²) in [6.45, 7) is 0. The molecule has 0 spiro atoms. The first-order valence-corrected chi connectivity index (χ1v) is 7.20. The summed E-state index contributed by atoms with van der Waals surface area (Å²) in [6.07, 6.45) is 8.14. The molecule has 1 aromatic carbocycles. The highest BCUT2D eigenvalue weighted by molar-refractivity contribution is 6.30. The van der Waals surface area contributed by atoms with Gasteiger partial charge in [0.25, 0.3) is 0 Å². The second-order valence-electron chi connectivity index (χ2n) is 4.89. The molecule has 0 aliphatic heterocycles. The zero-order chi connectivity index (χ0) is 15.5. The lowest BCUT2D eigenvalue weighted by atomic mass is 9.89. The molecule has 0 fully saturated rings. The normalized spacial score (nSPS) is 17.2. The second-order valence-corrected chi connectivity index (χ2v) is 5.33. The highest BCUT2D eigenvalue weighted by Gasteiger charge is 2.26. The molecule has 0 radical (unpaired) electrons. The van der Waals surface area contributed by atoms with Gasteiger partial charge in [0.05, 0.1) is 24.7 Å². The molecule has 1 unspecified atom stereocenters. The minimum atomic E-state index is -0.338. The van der Waals surface area contributed by atoms with Crippen LogP contribution in [0.2, 0.25) is 5.02 Å². The van der Waals surface area contributed by atoms with Crippen LogP contribution in [-0.4, -0.2) is 28.1 Å². The van der Waals surface area contributed by atoms with Gasteiger partial charge in [-0.25, -0.2) is 9.48 Å². The maximum Gasteiger partial charge on any atom is 0.334 e. The molecule has 0 amide bonds. The van der Waals surface area contributed by atoms with Crippen LogP contribution in [0, 0.1) is 0 Å². The lowest BCUT2D eigenvalue weighted by Gasteiger charge is -2.17. The van der Waals surface area contributed by atoms with Crippen LogP contribution in [0.3, 0.4) is 0 Å². The van der Waals surface area contributed by atoms with E-state index < -0.39 is 0 Å². The fourth-order valence-electron chi connectivity index (χ4n) is 2.39. The van der Waals surface area contributed by atoms with E-state index in [2.05, 4.69) is 10.3 Å². The predicted octanol–water partition coefficient (Wildman–Crippen LogP) is 3.06. The van der Waals surface area contributed by atoms with Gasteiger partial charge >= 0.3 is 5.97 Å². The van der Waals surface area contributed by atoms with E-state index in [9.17, 15) is 4.79 Å². The van der Waals surface area contributed by atoms with E-state index >= 15 is 0 Å². The number of allylic oxidation sites excluding steroid dienone is 3. The number of ether oxygens (including phenoxy) is 1. The Balaban J connectivity index is 1.90. The first kappa shape index (κ1) is 14.5. The van der Waals surface area contributed by atoms with E-state index in [1.165, 1.54) is 7.11 Å². The van der Waals surface area contributed by atoms with Crippen molar-refractivity contribution in [3.8, 4) is 5.69 Å². The summed E-state index contributed by atoms with van der Waals surface area (Å²) in [5, 5.41) is 9.00. The summed E-state index contributed by atoms with van der Waals surface area (Å²) in [7, 11) is 1.38. The Bertz CT molecular complexity index is 747. The summed E-state index contributed by atoms with van der Waals surface area (Å²) in [6, 6.07) is 7.31. The molecule has 5 nitrogen and oxygen atoms in total. The third kappa shape index (κ3) is 2.80. The van der Waals surface area contributed by atoms with Crippen molar-refractivity contribution in [1.82, 2.24) is 15.0 Å². The van der Waals surface area contributed by atoms with Crippen LogP contribution < -0.4 is 0 Å². The number of aromatic nitrogens is 3. The fourth-order valence-corrected chi connectivity index (χ4v) is 2.52. The zero-order valence-corrected chi connectivity index (χ0v) is 12.7. The number of carbonyl (C=O) groups excluding carboxylic acids is 1. The number of methoxy groups -OCH3 is 1. The van der Waals surface area contributed by atoms with Gasteiger partial charge in [0, 0.05) is 16.5 Å². The summed E-state index contributed by atoms with van der Waals surface area (Å²) >= 11 is 5.88. The van der Waals surface area contributed by atoms with Crippen LogP contribution in [0.15, 0.2) is 54.3 Å². The number of halogens is 1. The molecule has 22 heavy (non-hydrogen) atoms. The molecule has 6 heteroatoms. The monoisotopic (exact) mass is 315 g/mol. The quantitative estimate of drug-likeness (QED) is 0.817. The molecule has 2 aromatic rings. The van der Waals surface area contributed by atoms with Gasteiger partial charge in [0.15, 0.2) is 0 Å². The number of hydrogen-bond acceptors (Lipinski definition) is 4. The van der Waals surface area contributed by atoms with E-state index in [1.807, 2.05) is 30.5 Å². The Morgan fingerprint density at radius 1 is 1.36 bits per heavy atom. The van der Waals surface area contributed by atoms with Gasteiger partial charge in [-0.2, -0.15) is 0 Å². The standard InChI is InChI=1S/C16H14ClN3O2/c1-22-16(21)14-5-3-2-4-13(14)15-10-20(19-18-15)12-8-6-11(17)7-9-12/h2-3,5-10,13H,4H2,1H3. The Morgan fingerprint density at radius 3 is 2.86 bits per heavy atom. The smallest absolute Gasteiger partial charge is 0.334 e. The second kappa shape index (κ2) is 6.15. The van der Waals surface area contributed by atoms with Crippen LogP contribution in [-0.2, 0) is 9.53 Å². The van der Waals surface area contributed by atoms with Gasteiger partial charge < -0.3 is 4.74 Å². The van der Waals surface area contributed by atoms with Gasteiger partial charge in [-0.05, 0) is 30.7 Å². The number of rotatable bonds is 3. The van der Waals surface area contributed by atoms with Crippen molar-refractivity contribution in [2.45, 2.75) is 12.3 Å². The number of benzene rings is 1. The highest BCUT2D eigenvalue weighted by Crippen LogP contribution is 2.30. The van der Waals surface area contributed by atoms with Gasteiger partial charge in [0.2, 0.25) is 0 Å². The van der Waals surface area contributed by atoms with Gasteiger partial charge in [-0.1, -0.05) is 35.0 Å². The Kier molecular flexibility index (Phi) is 4.06. The van der Waals surface area contributed by atoms with Gasteiger partial charge in [-0.15, -0.1) is 5.10 Å². The Hall–Kier alpha value is -2.40. The summed E-state index contributed by atoms with van der Waals surface area (Å²) in [5.74, 6) is -0.478. The molecule has 1 heterocycles. The van der Waals surface area contributed by atoms with Gasteiger partial charge in [0.1, 0.15) is 0 Å². The molecular weight excluding hydrogens is 302 g/mol. The third-order valence-electron chi connectivity index (χ3n) is 3.54. The molecule has 112 valence electrons. The average Bonchev–Trinajstić information content (AvgIpc) is 3.04. The van der Waals surface area contributed by atoms with Crippen LogP contribution in [0.25, 0.3) is 5.69 Å². The average molecular weight is 316 g/mol. The predicted molar refractivity (Wildman–Crippen MR) is 83.0 cm³/mol. The number of carbonyl (C=O) groups is 1. The minimum absolute atomic E-state index is 0.140. The molecule has 1 aliphatic carbocycles. The Labute approximate surface area is 132 Å². The van der Waals surface area contributed by atoms with Crippen LogP contribution in [0.4, 0.5) is 0 Å². The van der Waals surface area contributed by atoms with Crippen LogP contribution in [0.1, 0.15) is 18.0 Å². The van der Waals surface area contributed by atoms with Crippen molar-refractivity contribution in [2.24, 2.45) is 0 Å². The molecule has 1 aliphatic rings. The van der Waals surface area contributed by atoms with E-state index in [0.717, 1.165) is 11.4 Å². The lowest BCUT2D eigenvalue weighted by Crippen LogP contribution is -2.15. The highest BCUT2D eigenvalue weighted by atomic mass is 35.5. The molecule has 0 saturated heterocycles. The van der Waals surface area contributed by atoms with E-state index in [0.29, 0.717) is 17.0 Å². The van der Waals surface area contributed by atoms with Crippen LogP contribution >= 0.6 is 11.6 Å². The van der Waals surface area contributed by atoms with Crippen LogP contribution in [0.5, 0.6) is 0 Å². The van der Waals surface area contributed by atoms with E-state index in [1.54, 1.807) is 22.9 Å². The van der Waals surface area contributed by atoms with Crippen molar-refractivity contribution in [3.63, 3.8) is 0 Å². The molecular formula is C16H14ClN3O2. The molecule has 3 rings (SSSR count). The molecule has 0 saturated carbocycles. The van der Waals surface area contributed by atoms with E-state index in [4.69, 9.17) is 16.3 Å². The van der Waals surface area contributed by atoms with Crippen molar-refractivity contribution >= 4 is 17.6 Å². The minimum Gasteiger partial charge on any atom is -0.466 e. The van der Waals surface area contributed by atoms with Crippen molar-refractivity contribution in [3.05, 3.63) is 65.0 Å². The Morgan fingerprint density at radius 2 is 2.14 bits per heavy atom. The van der Waals surface area contributed by atoms with Crippen molar-refractivity contribution in [1.29, 1.82) is 0 Å². The third-order valence-corrected chi connectivity index (χ3v) is 3.79. The molecule has 1 aromatic heterocycles. The summed E-state index contributed by atoms with van der Waals surface area (Å²) in [4.78, 5) is 11.9. The van der Waals surface area contributed by atoms with E-state index in [-0.39, 0.29) is 11.9 Å². The number of hydrogen-bond donors (Lipinski definition) is 0. The molecule has 1 atom stereocenters. The summed E-state index contributed by atoms with van der Waals surface area (Å²) in [5.41, 5.74) is 2.18. The topological polar surface area (TPSA) is 57.0 Å². The first-order valence-electron chi connectivity index (χ1n) is 6.82. The fraction of sp³-hybridized carbons (Fsp3) is 0.188. The maximum atomic E-state index is 11.9. The van der Waals surface area contributed by atoms with Gasteiger partial charge in [-0.3, -0.25) is 0 Å². The van der Waals surface area contributed by atoms with Crippen molar-refractivity contribution in [2.75, 3.05) is 7.11 Å². The number of esters is 1.